The SMILES string of the molecule is CCNC(=NCCNc1nccc(C(F)(F)F)n1)NC1CCN(C(C)C)CC1.I. The summed E-state index contributed by atoms with van der Waals surface area (Å²) in [6.07, 6.45) is -1.28. The molecule has 0 saturated carbocycles. The second-order valence-electron chi connectivity index (χ2n) is 7.00. The highest BCUT2D eigenvalue weighted by Crippen LogP contribution is 2.27. The molecule has 3 N–H and O–H groups in total. The quantitative estimate of drug-likeness (QED) is 0.218. The van der Waals surface area contributed by atoms with Crippen LogP contribution in [-0.2, 0) is 6.18 Å². The monoisotopic (exact) mass is 529 g/mol. The third-order valence-corrected chi connectivity index (χ3v) is 4.56. The van der Waals surface area contributed by atoms with Gasteiger partial charge in [0.05, 0.1) is 6.54 Å². The number of anilines is 1. The Morgan fingerprint density at radius 2 is 2.00 bits per heavy atom. The number of aromatic nitrogens is 2. The van der Waals surface area contributed by atoms with E-state index in [-0.39, 0.29) is 29.9 Å². The van der Waals surface area contributed by atoms with Crippen LogP contribution in [0.3, 0.4) is 0 Å². The van der Waals surface area contributed by atoms with Gasteiger partial charge in [-0.05, 0) is 39.7 Å². The van der Waals surface area contributed by atoms with E-state index < -0.39 is 11.9 Å². The molecule has 29 heavy (non-hydrogen) atoms. The average molecular weight is 529 g/mol. The standard InChI is InChI=1S/C18H30F3N7.HI/c1-4-22-16(26-14-6-11-28(12-7-14)13(2)3)24-9-10-25-17-23-8-5-15(27-17)18(19,20)21;/h5,8,13-14H,4,6-7,9-12H2,1-3H3,(H2,22,24,26)(H,23,25,27);1H. The van der Waals surface area contributed by atoms with Crippen molar-refractivity contribution in [1.82, 2.24) is 25.5 Å². The molecule has 11 heteroatoms. The lowest BCUT2D eigenvalue weighted by molar-refractivity contribution is -0.141. The van der Waals surface area contributed by atoms with Crippen molar-refractivity contribution in [2.75, 3.05) is 38.0 Å². The maximum Gasteiger partial charge on any atom is 0.433 e. The summed E-state index contributed by atoms with van der Waals surface area (Å²) in [5, 5.41) is 9.44. The van der Waals surface area contributed by atoms with Crippen molar-refractivity contribution in [2.24, 2.45) is 4.99 Å². The van der Waals surface area contributed by atoms with Crippen LogP contribution < -0.4 is 16.0 Å². The largest absolute Gasteiger partial charge is 0.433 e. The van der Waals surface area contributed by atoms with Crippen molar-refractivity contribution in [3.63, 3.8) is 0 Å². The third kappa shape index (κ3) is 8.89. The minimum absolute atomic E-state index is 0. The van der Waals surface area contributed by atoms with Crippen LogP contribution in [0.15, 0.2) is 17.3 Å². The number of halogens is 4. The predicted octanol–water partition coefficient (Wildman–Crippen LogP) is 2.95. The number of hydrogen-bond donors (Lipinski definition) is 3. The minimum Gasteiger partial charge on any atom is -0.357 e. The number of nitrogens with zero attached hydrogens (tertiary/aromatic N) is 4. The molecule has 1 aliphatic heterocycles. The molecule has 1 aliphatic rings. The number of aliphatic imine (C=N–C) groups is 1. The van der Waals surface area contributed by atoms with E-state index in [2.05, 4.69) is 49.7 Å². The number of rotatable bonds is 7. The normalized spacial score (nSPS) is 16.4. The highest BCUT2D eigenvalue weighted by molar-refractivity contribution is 14.0. The summed E-state index contributed by atoms with van der Waals surface area (Å²) in [7, 11) is 0. The van der Waals surface area contributed by atoms with Gasteiger partial charge in [-0.1, -0.05) is 0 Å². The molecule has 2 rings (SSSR count). The van der Waals surface area contributed by atoms with Crippen molar-refractivity contribution >= 4 is 35.9 Å². The molecule has 0 bridgehead atoms. The Bertz CT molecular complexity index is 632. The highest BCUT2D eigenvalue weighted by Gasteiger charge is 2.32. The van der Waals surface area contributed by atoms with Crippen LogP contribution in [0.4, 0.5) is 19.1 Å². The summed E-state index contributed by atoms with van der Waals surface area (Å²) in [6.45, 7) is 9.99. The summed E-state index contributed by atoms with van der Waals surface area (Å²) in [5.74, 6) is 0.668. The number of alkyl halides is 3. The summed E-state index contributed by atoms with van der Waals surface area (Å²) < 4.78 is 38.0. The van der Waals surface area contributed by atoms with Gasteiger partial charge in [-0.2, -0.15) is 13.2 Å². The summed E-state index contributed by atoms with van der Waals surface area (Å²) in [4.78, 5) is 14.2. The fourth-order valence-corrected chi connectivity index (χ4v) is 3.01. The molecule has 0 radical (unpaired) electrons. The van der Waals surface area contributed by atoms with E-state index in [0.29, 0.717) is 25.2 Å². The molecule has 0 aliphatic carbocycles. The summed E-state index contributed by atoms with van der Waals surface area (Å²) in [5.41, 5.74) is -0.962. The molecule has 1 fully saturated rings. The minimum atomic E-state index is -4.48. The Morgan fingerprint density at radius 3 is 2.59 bits per heavy atom. The van der Waals surface area contributed by atoms with Gasteiger partial charge < -0.3 is 20.9 Å². The number of hydrogen-bond acceptors (Lipinski definition) is 5. The van der Waals surface area contributed by atoms with E-state index in [4.69, 9.17) is 0 Å². The summed E-state index contributed by atoms with van der Waals surface area (Å²) in [6, 6.07) is 1.78. The van der Waals surface area contributed by atoms with Crippen LogP contribution in [0.25, 0.3) is 0 Å². The molecule has 7 nitrogen and oxygen atoms in total. The van der Waals surface area contributed by atoms with E-state index in [9.17, 15) is 13.2 Å². The molecular formula is C18H31F3IN7. The lowest BCUT2D eigenvalue weighted by Crippen LogP contribution is -2.50. The van der Waals surface area contributed by atoms with E-state index >= 15 is 0 Å². The van der Waals surface area contributed by atoms with Gasteiger partial charge >= 0.3 is 6.18 Å². The first-order valence-corrected chi connectivity index (χ1v) is 9.72. The molecule has 0 spiro atoms. The fraction of sp³-hybridized carbons (Fsp3) is 0.722. The van der Waals surface area contributed by atoms with E-state index in [1.54, 1.807) is 0 Å². The second kappa shape index (κ2) is 12.4. The van der Waals surface area contributed by atoms with Crippen molar-refractivity contribution < 1.29 is 13.2 Å². The van der Waals surface area contributed by atoms with Crippen molar-refractivity contribution in [3.05, 3.63) is 18.0 Å². The second-order valence-corrected chi connectivity index (χ2v) is 7.00. The number of piperidine rings is 1. The Kier molecular flexibility index (Phi) is 10.9. The van der Waals surface area contributed by atoms with Gasteiger partial charge in [0.2, 0.25) is 5.95 Å². The first kappa shape index (κ1) is 25.7. The number of likely N-dealkylation sites (tertiary alicyclic amines) is 1. The maximum absolute atomic E-state index is 12.7. The molecule has 0 amide bonds. The molecule has 1 aromatic rings. The van der Waals surface area contributed by atoms with Gasteiger partial charge in [0.25, 0.3) is 0 Å². The fourth-order valence-electron chi connectivity index (χ4n) is 3.01. The highest BCUT2D eigenvalue weighted by atomic mass is 127. The zero-order valence-electron chi connectivity index (χ0n) is 17.1. The smallest absolute Gasteiger partial charge is 0.357 e. The van der Waals surface area contributed by atoms with E-state index in [1.807, 2.05) is 6.92 Å². The average Bonchev–Trinajstić information content (AvgIpc) is 2.65. The van der Waals surface area contributed by atoms with Crippen LogP contribution in [0.2, 0.25) is 0 Å². The Morgan fingerprint density at radius 1 is 1.31 bits per heavy atom. The van der Waals surface area contributed by atoms with E-state index in [1.165, 1.54) is 0 Å². The van der Waals surface area contributed by atoms with Crippen molar-refractivity contribution in [3.8, 4) is 0 Å². The molecule has 0 aromatic carbocycles. The Balaban J connectivity index is 0.00000420. The van der Waals surface area contributed by atoms with Crippen LogP contribution >= 0.6 is 24.0 Å². The molecule has 2 heterocycles. The van der Waals surface area contributed by atoms with Gasteiger partial charge in [0.15, 0.2) is 5.96 Å². The number of guanidine groups is 1. The molecule has 0 atom stereocenters. The third-order valence-electron chi connectivity index (χ3n) is 4.56. The molecule has 0 unspecified atom stereocenters. The molecule has 1 aromatic heterocycles. The van der Waals surface area contributed by atoms with Crippen LogP contribution in [0.5, 0.6) is 0 Å². The lowest BCUT2D eigenvalue weighted by Gasteiger charge is -2.35. The van der Waals surface area contributed by atoms with Gasteiger partial charge in [-0.15, -0.1) is 24.0 Å². The summed E-state index contributed by atoms with van der Waals surface area (Å²) >= 11 is 0. The van der Waals surface area contributed by atoms with Gasteiger partial charge in [0, 0.05) is 44.5 Å². The van der Waals surface area contributed by atoms with Crippen molar-refractivity contribution in [2.45, 2.75) is 51.9 Å². The molecule has 166 valence electrons. The lowest BCUT2D eigenvalue weighted by atomic mass is 10.0. The zero-order chi connectivity index (χ0) is 20.6. The van der Waals surface area contributed by atoms with Crippen LogP contribution in [-0.4, -0.2) is 65.6 Å². The number of nitrogens with one attached hydrogen (secondary N) is 3. The topological polar surface area (TPSA) is 77.5 Å². The Labute approximate surface area is 187 Å². The van der Waals surface area contributed by atoms with Crippen molar-refractivity contribution in [1.29, 1.82) is 0 Å². The van der Waals surface area contributed by atoms with E-state index in [0.717, 1.165) is 50.7 Å². The van der Waals surface area contributed by atoms with Crippen LogP contribution in [0.1, 0.15) is 39.3 Å². The van der Waals surface area contributed by atoms with Gasteiger partial charge in [-0.25, -0.2) is 9.97 Å². The first-order valence-electron chi connectivity index (χ1n) is 9.72. The first-order chi connectivity index (χ1) is 13.3. The maximum atomic E-state index is 12.7. The zero-order valence-corrected chi connectivity index (χ0v) is 19.4. The molecule has 1 saturated heterocycles. The predicted molar refractivity (Wildman–Crippen MR) is 120 cm³/mol. The van der Waals surface area contributed by atoms with Gasteiger partial charge in [-0.3, -0.25) is 4.99 Å². The van der Waals surface area contributed by atoms with Gasteiger partial charge in [0.1, 0.15) is 5.69 Å². The Hall–Kier alpha value is -1.37. The van der Waals surface area contributed by atoms with Crippen LogP contribution in [0, 0.1) is 0 Å². The molecular weight excluding hydrogens is 498 g/mol.